The standard InChI is InChI=1S/2C6HF7O4.Mg/c2*7-2-1(5(8,9)10)16-4(17-2,3(14)15)6(11,12)13;/h2*(H,14,15);/q;;+2/p-2. The molecule has 0 N–H and O–H groups in total. The van der Waals surface area contributed by atoms with E-state index in [1.807, 2.05) is 0 Å². The molecule has 2 atom stereocenters. The summed E-state index contributed by atoms with van der Waals surface area (Å²) in [7, 11) is 0. The minimum absolute atomic E-state index is 0. The maximum atomic E-state index is 12.5. The number of ether oxygens (including phenoxy) is 4. The predicted molar refractivity (Wildman–Crippen MR) is 66.1 cm³/mol. The van der Waals surface area contributed by atoms with Crippen LogP contribution in [0.25, 0.3) is 0 Å². The minimum Gasteiger partial charge on any atom is -0.542 e. The van der Waals surface area contributed by atoms with Crippen LogP contribution in [0.15, 0.2) is 23.5 Å². The third-order valence-electron chi connectivity index (χ3n) is 3.11. The molecule has 2 unspecified atom stereocenters. The van der Waals surface area contributed by atoms with Crippen LogP contribution in [0.5, 0.6) is 0 Å². The summed E-state index contributed by atoms with van der Waals surface area (Å²) in [6.45, 7) is 0. The molecule has 0 amide bonds. The van der Waals surface area contributed by atoms with Gasteiger partial charge in [0.2, 0.25) is 0 Å². The SMILES string of the molecule is O=C([O-])C1(C(F)(F)F)OC(F)=C(C(F)(F)F)O1.O=C([O-])C1(C(F)(F)F)OC(F)=C(C(F)(F)F)O1.[Mg+2]. The average molecular weight is 562 g/mol. The van der Waals surface area contributed by atoms with Gasteiger partial charge in [0, 0.05) is 0 Å². The zero-order chi connectivity index (χ0) is 27.3. The fourth-order valence-corrected chi connectivity index (χ4v) is 1.72. The Kier molecular flexibility index (Phi) is 8.76. The maximum Gasteiger partial charge on any atom is 2.00 e. The van der Waals surface area contributed by atoms with E-state index in [4.69, 9.17) is 0 Å². The molecule has 0 fully saturated rings. The van der Waals surface area contributed by atoms with Crippen LogP contribution in [0.3, 0.4) is 0 Å². The Bertz CT molecular complexity index is 842. The van der Waals surface area contributed by atoms with E-state index in [0.717, 1.165) is 0 Å². The van der Waals surface area contributed by atoms with Crippen molar-refractivity contribution in [2.75, 3.05) is 0 Å². The Morgan fingerprint density at radius 3 is 0.886 bits per heavy atom. The van der Waals surface area contributed by atoms with Crippen molar-refractivity contribution in [2.24, 2.45) is 0 Å². The number of aliphatic carboxylic acids is 2. The quantitative estimate of drug-likeness (QED) is 0.363. The molecule has 0 aromatic heterocycles. The van der Waals surface area contributed by atoms with Gasteiger partial charge < -0.3 is 38.7 Å². The van der Waals surface area contributed by atoms with Gasteiger partial charge in [0.15, 0.2) is 0 Å². The average Bonchev–Trinajstić information content (AvgIpc) is 3.13. The fraction of sp³-hybridized carbons (Fsp3) is 0.500. The van der Waals surface area contributed by atoms with Crippen LogP contribution in [-0.2, 0) is 28.5 Å². The third-order valence-corrected chi connectivity index (χ3v) is 3.11. The number of rotatable bonds is 2. The molecule has 0 aromatic carbocycles. The molecular weight excluding hydrogens is 562 g/mol. The molecule has 23 heteroatoms. The second-order valence-corrected chi connectivity index (χ2v) is 5.41. The van der Waals surface area contributed by atoms with Crippen molar-refractivity contribution in [2.45, 2.75) is 36.3 Å². The van der Waals surface area contributed by atoms with E-state index >= 15 is 0 Å². The first-order valence-electron chi connectivity index (χ1n) is 7.10. The normalized spacial score (nSPS) is 24.9. The van der Waals surface area contributed by atoms with Crippen LogP contribution in [0.2, 0.25) is 0 Å². The van der Waals surface area contributed by atoms with Crippen LogP contribution in [0.1, 0.15) is 0 Å². The molecule has 0 bridgehead atoms. The molecular formula is C12F14MgO8. The molecule has 196 valence electrons. The molecule has 0 aromatic rings. The zero-order valence-electron chi connectivity index (χ0n) is 15.3. The summed E-state index contributed by atoms with van der Waals surface area (Å²) in [5.41, 5.74) is 0. The van der Waals surface area contributed by atoms with E-state index in [1.54, 1.807) is 0 Å². The van der Waals surface area contributed by atoms with Gasteiger partial charge >= 0.3 is 71.4 Å². The summed E-state index contributed by atoms with van der Waals surface area (Å²) >= 11 is 0. The molecule has 8 nitrogen and oxygen atoms in total. The molecule has 35 heavy (non-hydrogen) atoms. The van der Waals surface area contributed by atoms with Crippen LogP contribution in [0, 0.1) is 0 Å². The van der Waals surface area contributed by atoms with Crippen molar-refractivity contribution in [3.8, 4) is 0 Å². The number of hydrogen-bond donors (Lipinski definition) is 0. The van der Waals surface area contributed by atoms with Crippen molar-refractivity contribution >= 4 is 35.0 Å². The summed E-state index contributed by atoms with van der Waals surface area (Å²) < 4.78 is 182. The van der Waals surface area contributed by atoms with E-state index in [1.165, 1.54) is 0 Å². The Labute approximate surface area is 195 Å². The van der Waals surface area contributed by atoms with Gasteiger partial charge in [-0.1, -0.05) is 0 Å². The second kappa shape index (κ2) is 9.46. The number of halogens is 14. The summed E-state index contributed by atoms with van der Waals surface area (Å²) in [5, 5.41) is 20.3. The first kappa shape index (κ1) is 32.4. The summed E-state index contributed by atoms with van der Waals surface area (Å²) in [5.74, 6) is -21.7. The van der Waals surface area contributed by atoms with E-state index < -0.39 is 71.8 Å². The Morgan fingerprint density at radius 1 is 0.571 bits per heavy atom. The molecule has 2 aliphatic rings. The summed E-state index contributed by atoms with van der Waals surface area (Å²) in [6.07, 6.45) is -23.3. The minimum atomic E-state index is -5.96. The van der Waals surface area contributed by atoms with Gasteiger partial charge in [0.25, 0.3) is 11.5 Å². The third kappa shape index (κ3) is 5.98. The number of alkyl halides is 12. The van der Waals surface area contributed by atoms with Crippen molar-refractivity contribution in [1.82, 2.24) is 0 Å². The Morgan fingerprint density at radius 2 is 0.800 bits per heavy atom. The van der Waals surface area contributed by atoms with Crippen LogP contribution in [0.4, 0.5) is 61.5 Å². The largest absolute Gasteiger partial charge is 2.00 e. The van der Waals surface area contributed by atoms with Crippen LogP contribution < -0.4 is 10.2 Å². The second-order valence-electron chi connectivity index (χ2n) is 5.41. The van der Waals surface area contributed by atoms with Crippen molar-refractivity contribution in [3.05, 3.63) is 23.5 Å². The van der Waals surface area contributed by atoms with E-state index in [9.17, 15) is 81.3 Å². The maximum absolute atomic E-state index is 12.5. The fourth-order valence-electron chi connectivity index (χ4n) is 1.72. The van der Waals surface area contributed by atoms with Gasteiger partial charge in [0.05, 0.1) is 0 Å². The van der Waals surface area contributed by atoms with Gasteiger partial charge in [-0.2, -0.15) is 61.5 Å². The molecule has 0 radical (unpaired) electrons. The molecule has 0 aliphatic carbocycles. The topological polar surface area (TPSA) is 117 Å². The van der Waals surface area contributed by atoms with E-state index in [0.29, 0.717) is 0 Å². The van der Waals surface area contributed by atoms with Gasteiger partial charge in [-0.05, 0) is 0 Å². The smallest absolute Gasteiger partial charge is 0.542 e. The molecule has 0 saturated carbocycles. The Balaban J connectivity index is 0.000000642. The van der Waals surface area contributed by atoms with Crippen LogP contribution >= 0.6 is 0 Å². The Hall–Kier alpha value is -2.59. The zero-order valence-corrected chi connectivity index (χ0v) is 16.7. The number of carboxylic acids is 2. The number of carbonyl (C=O) groups is 2. The van der Waals surface area contributed by atoms with Gasteiger partial charge in [-0.25, -0.2) is 0 Å². The number of allylic oxidation sites excluding steroid dienone is 2. The van der Waals surface area contributed by atoms with Crippen molar-refractivity contribution < 1.29 is 100 Å². The van der Waals surface area contributed by atoms with Crippen molar-refractivity contribution in [3.63, 3.8) is 0 Å². The first-order chi connectivity index (χ1) is 14.8. The molecule has 2 heterocycles. The number of hydrogen-bond acceptors (Lipinski definition) is 8. The molecule has 2 rings (SSSR count). The molecule has 0 saturated heterocycles. The predicted octanol–water partition coefficient (Wildman–Crippen LogP) is 1.10. The van der Waals surface area contributed by atoms with E-state index in [2.05, 4.69) is 18.9 Å². The van der Waals surface area contributed by atoms with Gasteiger partial charge in [-0.3, -0.25) is 0 Å². The van der Waals surface area contributed by atoms with Gasteiger partial charge in [0.1, 0.15) is 11.9 Å². The monoisotopic (exact) mass is 562 g/mol. The van der Waals surface area contributed by atoms with Gasteiger partial charge in [-0.15, -0.1) is 0 Å². The number of carbonyl (C=O) groups excluding carboxylic acids is 2. The number of carboxylic acid groups (broad SMARTS) is 2. The van der Waals surface area contributed by atoms with Crippen LogP contribution in [-0.4, -0.2) is 71.3 Å². The summed E-state index contributed by atoms with van der Waals surface area (Å²) in [6, 6.07) is -5.67. The van der Waals surface area contributed by atoms with E-state index in [-0.39, 0.29) is 23.1 Å². The van der Waals surface area contributed by atoms with Crippen molar-refractivity contribution in [1.29, 1.82) is 0 Å². The first-order valence-corrected chi connectivity index (χ1v) is 7.10. The molecule has 0 spiro atoms. The molecule has 2 aliphatic heterocycles. The summed E-state index contributed by atoms with van der Waals surface area (Å²) in [4.78, 5) is 20.3.